The van der Waals surface area contributed by atoms with E-state index >= 15 is 0 Å². The van der Waals surface area contributed by atoms with Gasteiger partial charge in [-0.3, -0.25) is 0 Å². The Bertz CT molecular complexity index is 590. The minimum atomic E-state index is 0.410. The molecule has 0 aliphatic rings. The number of aromatic nitrogens is 1. The van der Waals surface area contributed by atoms with E-state index in [2.05, 4.69) is 10.3 Å². The highest BCUT2D eigenvalue weighted by molar-refractivity contribution is 6.42. The zero-order valence-electron chi connectivity index (χ0n) is 10.3. The summed E-state index contributed by atoms with van der Waals surface area (Å²) >= 11 is 11.8. The molecule has 3 N–H and O–H groups in total. The Balaban J connectivity index is 2.22. The van der Waals surface area contributed by atoms with E-state index in [1.807, 2.05) is 13.0 Å². The predicted octanol–water partition coefficient (Wildman–Crippen LogP) is 4.11. The summed E-state index contributed by atoms with van der Waals surface area (Å²) in [5.74, 6) is 1.03. The fourth-order valence-electron chi connectivity index (χ4n) is 1.49. The van der Waals surface area contributed by atoms with Gasteiger partial charge in [0.05, 0.1) is 22.3 Å². The molecule has 0 atom stereocenters. The standard InChI is InChI=1S/C13H13Cl2N3O/c1-2-19-13-11(16)5-6-12(18-13)17-8-3-4-9(14)10(15)7-8/h3-7H,2,16H2,1H3,(H,17,18). The van der Waals surface area contributed by atoms with Crippen LogP contribution >= 0.6 is 23.2 Å². The maximum Gasteiger partial charge on any atom is 0.239 e. The minimum Gasteiger partial charge on any atom is -0.476 e. The first-order chi connectivity index (χ1) is 9.10. The molecule has 2 rings (SSSR count). The van der Waals surface area contributed by atoms with Gasteiger partial charge in [-0.1, -0.05) is 23.2 Å². The van der Waals surface area contributed by atoms with Gasteiger partial charge in [-0.15, -0.1) is 0 Å². The largest absolute Gasteiger partial charge is 0.476 e. The number of nitrogens with zero attached hydrogens (tertiary/aromatic N) is 1. The molecular formula is C13H13Cl2N3O. The van der Waals surface area contributed by atoms with Crippen molar-refractivity contribution in [1.29, 1.82) is 0 Å². The van der Waals surface area contributed by atoms with Crippen LogP contribution in [-0.4, -0.2) is 11.6 Å². The van der Waals surface area contributed by atoms with E-state index in [4.69, 9.17) is 33.7 Å². The van der Waals surface area contributed by atoms with Gasteiger partial charge in [0, 0.05) is 5.69 Å². The molecular weight excluding hydrogens is 285 g/mol. The van der Waals surface area contributed by atoms with Gasteiger partial charge in [-0.05, 0) is 37.3 Å². The van der Waals surface area contributed by atoms with Crippen molar-refractivity contribution in [3.05, 3.63) is 40.4 Å². The summed E-state index contributed by atoms with van der Waals surface area (Å²) < 4.78 is 5.33. The van der Waals surface area contributed by atoms with E-state index in [1.54, 1.807) is 24.3 Å². The van der Waals surface area contributed by atoms with Crippen LogP contribution in [0.15, 0.2) is 30.3 Å². The van der Waals surface area contributed by atoms with Gasteiger partial charge in [0.1, 0.15) is 5.82 Å². The number of anilines is 3. The Morgan fingerprint density at radius 3 is 2.68 bits per heavy atom. The van der Waals surface area contributed by atoms with Crippen molar-refractivity contribution in [2.75, 3.05) is 17.7 Å². The van der Waals surface area contributed by atoms with Crippen molar-refractivity contribution in [3.63, 3.8) is 0 Å². The molecule has 1 heterocycles. The van der Waals surface area contributed by atoms with Crippen molar-refractivity contribution in [1.82, 2.24) is 4.98 Å². The van der Waals surface area contributed by atoms with Crippen LogP contribution in [0.2, 0.25) is 10.0 Å². The number of rotatable bonds is 4. The van der Waals surface area contributed by atoms with Crippen LogP contribution in [0.4, 0.5) is 17.2 Å². The van der Waals surface area contributed by atoms with Crippen LogP contribution < -0.4 is 15.8 Å². The van der Waals surface area contributed by atoms with Crippen molar-refractivity contribution in [2.24, 2.45) is 0 Å². The van der Waals surface area contributed by atoms with Gasteiger partial charge in [-0.2, -0.15) is 4.98 Å². The second kappa shape index (κ2) is 5.99. The minimum absolute atomic E-state index is 0.410. The molecule has 4 nitrogen and oxygen atoms in total. The number of hydrogen-bond acceptors (Lipinski definition) is 4. The number of pyridine rings is 1. The van der Waals surface area contributed by atoms with Crippen LogP contribution in [0.1, 0.15) is 6.92 Å². The van der Waals surface area contributed by atoms with Crippen LogP contribution in [-0.2, 0) is 0 Å². The topological polar surface area (TPSA) is 60.2 Å². The lowest BCUT2D eigenvalue weighted by Gasteiger charge is -2.10. The lowest BCUT2D eigenvalue weighted by molar-refractivity contribution is 0.329. The Labute approximate surface area is 121 Å². The summed E-state index contributed by atoms with van der Waals surface area (Å²) in [5, 5.41) is 4.09. The molecule has 0 radical (unpaired) electrons. The highest BCUT2D eigenvalue weighted by Gasteiger charge is 2.05. The van der Waals surface area contributed by atoms with Gasteiger partial charge in [0.25, 0.3) is 0 Å². The van der Waals surface area contributed by atoms with Crippen molar-refractivity contribution in [3.8, 4) is 5.88 Å². The van der Waals surface area contributed by atoms with Crippen LogP contribution in [0.25, 0.3) is 0 Å². The van der Waals surface area contributed by atoms with Crippen LogP contribution in [0.3, 0.4) is 0 Å². The van der Waals surface area contributed by atoms with Gasteiger partial charge in [0.15, 0.2) is 0 Å². The van der Waals surface area contributed by atoms with E-state index < -0.39 is 0 Å². The van der Waals surface area contributed by atoms with Crippen LogP contribution in [0, 0.1) is 0 Å². The second-order valence-corrected chi connectivity index (χ2v) is 4.59. The molecule has 100 valence electrons. The average Bonchev–Trinajstić information content (AvgIpc) is 2.38. The Morgan fingerprint density at radius 2 is 2.00 bits per heavy atom. The van der Waals surface area contributed by atoms with E-state index in [0.29, 0.717) is 34.0 Å². The Hall–Kier alpha value is -1.65. The lowest BCUT2D eigenvalue weighted by atomic mass is 10.3. The average molecular weight is 298 g/mol. The number of ether oxygens (including phenoxy) is 1. The molecule has 0 bridgehead atoms. The molecule has 0 saturated carbocycles. The molecule has 0 aliphatic heterocycles. The first-order valence-corrected chi connectivity index (χ1v) is 6.47. The number of hydrogen-bond donors (Lipinski definition) is 2. The molecule has 0 saturated heterocycles. The van der Waals surface area contributed by atoms with Crippen LogP contribution in [0.5, 0.6) is 5.88 Å². The normalized spacial score (nSPS) is 10.3. The molecule has 0 unspecified atom stereocenters. The second-order valence-electron chi connectivity index (χ2n) is 3.78. The molecule has 2 aromatic rings. The highest BCUT2D eigenvalue weighted by Crippen LogP contribution is 2.28. The monoisotopic (exact) mass is 297 g/mol. The summed E-state index contributed by atoms with van der Waals surface area (Å²) in [4.78, 5) is 4.27. The van der Waals surface area contributed by atoms with E-state index in [9.17, 15) is 0 Å². The molecule has 19 heavy (non-hydrogen) atoms. The summed E-state index contributed by atoms with van der Waals surface area (Å²) in [7, 11) is 0. The quantitative estimate of drug-likeness (QED) is 0.891. The third-order valence-corrected chi connectivity index (χ3v) is 3.10. The lowest BCUT2D eigenvalue weighted by Crippen LogP contribution is -2.02. The third kappa shape index (κ3) is 3.43. The Morgan fingerprint density at radius 1 is 1.21 bits per heavy atom. The number of benzene rings is 1. The first kappa shape index (κ1) is 13.8. The van der Waals surface area contributed by atoms with Gasteiger partial charge >= 0.3 is 0 Å². The number of nitrogen functional groups attached to an aromatic ring is 1. The maximum absolute atomic E-state index is 5.95. The zero-order valence-corrected chi connectivity index (χ0v) is 11.8. The molecule has 1 aromatic carbocycles. The van der Waals surface area contributed by atoms with Crippen molar-refractivity contribution >= 4 is 40.4 Å². The number of halogens is 2. The molecule has 6 heteroatoms. The third-order valence-electron chi connectivity index (χ3n) is 2.36. The summed E-state index contributed by atoms with van der Waals surface area (Å²) in [6, 6.07) is 8.75. The fraction of sp³-hybridized carbons (Fsp3) is 0.154. The van der Waals surface area contributed by atoms with E-state index in [0.717, 1.165) is 5.69 Å². The predicted molar refractivity (Wildman–Crippen MR) is 79.6 cm³/mol. The molecule has 0 fully saturated rings. The summed E-state index contributed by atoms with van der Waals surface area (Å²) in [5.41, 5.74) is 7.05. The Kier molecular flexibility index (Phi) is 4.35. The van der Waals surface area contributed by atoms with Crippen molar-refractivity contribution < 1.29 is 4.74 Å². The van der Waals surface area contributed by atoms with E-state index in [1.165, 1.54) is 0 Å². The number of nitrogens with two attached hydrogens (primary N) is 1. The summed E-state index contributed by atoms with van der Waals surface area (Å²) in [6.45, 7) is 2.38. The molecule has 0 spiro atoms. The first-order valence-electron chi connectivity index (χ1n) is 5.71. The number of nitrogens with one attached hydrogen (secondary N) is 1. The van der Waals surface area contributed by atoms with Gasteiger partial charge < -0.3 is 15.8 Å². The summed E-state index contributed by atoms with van der Waals surface area (Å²) in [6.07, 6.45) is 0. The van der Waals surface area contributed by atoms with Crippen molar-refractivity contribution in [2.45, 2.75) is 6.92 Å². The zero-order chi connectivity index (χ0) is 13.8. The van der Waals surface area contributed by atoms with Gasteiger partial charge in [-0.25, -0.2) is 0 Å². The van der Waals surface area contributed by atoms with E-state index in [-0.39, 0.29) is 0 Å². The fourth-order valence-corrected chi connectivity index (χ4v) is 1.79. The highest BCUT2D eigenvalue weighted by atomic mass is 35.5. The SMILES string of the molecule is CCOc1nc(Nc2ccc(Cl)c(Cl)c2)ccc1N. The van der Waals surface area contributed by atoms with Gasteiger partial charge in [0.2, 0.25) is 5.88 Å². The molecule has 0 amide bonds. The maximum atomic E-state index is 5.95. The smallest absolute Gasteiger partial charge is 0.239 e. The molecule has 1 aromatic heterocycles. The molecule has 0 aliphatic carbocycles.